The Hall–Kier alpha value is -3.72. The highest BCUT2D eigenvalue weighted by Crippen LogP contribution is 2.22. The van der Waals surface area contributed by atoms with E-state index < -0.39 is 0 Å². The van der Waals surface area contributed by atoms with Crippen molar-refractivity contribution in [3.63, 3.8) is 0 Å². The molecule has 0 amide bonds. The average molecular weight is 354 g/mol. The van der Waals surface area contributed by atoms with Crippen LogP contribution in [0.3, 0.4) is 0 Å². The van der Waals surface area contributed by atoms with Gasteiger partial charge in [0.1, 0.15) is 12.1 Å². The first-order valence-corrected chi connectivity index (χ1v) is 8.68. The van der Waals surface area contributed by atoms with Gasteiger partial charge < -0.3 is 5.32 Å². The second kappa shape index (κ2) is 6.89. The highest BCUT2D eigenvalue weighted by Gasteiger charge is 2.12. The summed E-state index contributed by atoms with van der Waals surface area (Å²) in [6.07, 6.45) is 3.43. The summed E-state index contributed by atoms with van der Waals surface area (Å²) in [4.78, 5) is 13.6. The minimum absolute atomic E-state index is 0.104. The molecule has 2 heterocycles. The van der Waals surface area contributed by atoms with Crippen LogP contribution in [0.5, 0.6) is 0 Å². The molecule has 1 atom stereocenters. The van der Waals surface area contributed by atoms with Crippen molar-refractivity contribution in [2.24, 2.45) is 0 Å². The molecule has 0 bridgehead atoms. The van der Waals surface area contributed by atoms with Gasteiger partial charge in [-0.2, -0.15) is 5.26 Å². The summed E-state index contributed by atoms with van der Waals surface area (Å²) in [5, 5.41) is 12.5. The van der Waals surface area contributed by atoms with Crippen LogP contribution >= 0.6 is 0 Å². The Kier molecular flexibility index (Phi) is 4.27. The quantitative estimate of drug-likeness (QED) is 0.595. The molecule has 0 aliphatic carbocycles. The van der Waals surface area contributed by atoms with Crippen molar-refractivity contribution in [1.82, 2.24) is 19.5 Å². The van der Waals surface area contributed by atoms with Crippen molar-refractivity contribution in [2.75, 3.05) is 5.32 Å². The van der Waals surface area contributed by atoms with Crippen molar-refractivity contribution >= 4 is 16.9 Å². The number of imidazole rings is 1. The summed E-state index contributed by atoms with van der Waals surface area (Å²) in [6, 6.07) is 17.9. The third kappa shape index (κ3) is 3.23. The zero-order valence-corrected chi connectivity index (χ0v) is 15.1. The standard InChI is InChI=1S/C21H18N6/c1-14(17-6-4-3-5-7-17)25-21-15(2)23-12-20(26-21)27-13-24-18-10-16(11-22)8-9-19(18)27/h3-10,12-14H,1-2H3,(H,25,26)/t14-/m0/s1. The fourth-order valence-corrected chi connectivity index (χ4v) is 2.99. The molecule has 0 radical (unpaired) electrons. The van der Waals surface area contributed by atoms with E-state index in [4.69, 9.17) is 10.2 Å². The van der Waals surface area contributed by atoms with Crippen LogP contribution in [0, 0.1) is 18.3 Å². The molecular formula is C21H18N6. The molecule has 4 rings (SSSR count). The van der Waals surface area contributed by atoms with Gasteiger partial charge in [0.15, 0.2) is 5.82 Å². The van der Waals surface area contributed by atoms with Crippen LogP contribution in [0.15, 0.2) is 61.1 Å². The van der Waals surface area contributed by atoms with Gasteiger partial charge in [-0.05, 0) is 37.6 Å². The van der Waals surface area contributed by atoms with Crippen LogP contribution in [0.1, 0.15) is 29.8 Å². The average Bonchev–Trinajstić information content (AvgIpc) is 3.13. The molecule has 0 spiro atoms. The number of nitrogens with one attached hydrogen (secondary N) is 1. The van der Waals surface area contributed by atoms with Gasteiger partial charge in [-0.3, -0.25) is 9.55 Å². The Morgan fingerprint density at radius 1 is 1.11 bits per heavy atom. The van der Waals surface area contributed by atoms with E-state index in [2.05, 4.69) is 40.4 Å². The summed E-state index contributed by atoms with van der Waals surface area (Å²) in [5.41, 5.74) is 4.23. The molecule has 6 heteroatoms. The lowest BCUT2D eigenvalue weighted by Gasteiger charge is -2.17. The van der Waals surface area contributed by atoms with E-state index in [1.807, 2.05) is 35.8 Å². The van der Waals surface area contributed by atoms with Crippen molar-refractivity contribution in [2.45, 2.75) is 19.9 Å². The minimum Gasteiger partial charge on any atom is -0.362 e. The highest BCUT2D eigenvalue weighted by atomic mass is 15.2. The summed E-state index contributed by atoms with van der Waals surface area (Å²) in [7, 11) is 0. The molecule has 0 aliphatic heterocycles. The molecule has 0 fully saturated rings. The van der Waals surface area contributed by atoms with Gasteiger partial charge in [0.05, 0.1) is 40.6 Å². The van der Waals surface area contributed by atoms with Gasteiger partial charge >= 0.3 is 0 Å². The molecule has 0 saturated heterocycles. The summed E-state index contributed by atoms with van der Waals surface area (Å²) in [5.74, 6) is 1.41. The molecule has 6 nitrogen and oxygen atoms in total. The Morgan fingerprint density at radius 3 is 2.70 bits per heavy atom. The van der Waals surface area contributed by atoms with Gasteiger partial charge in [-0.1, -0.05) is 30.3 Å². The Morgan fingerprint density at radius 2 is 1.93 bits per heavy atom. The number of hydrogen-bond acceptors (Lipinski definition) is 5. The topological polar surface area (TPSA) is 79.4 Å². The second-order valence-corrected chi connectivity index (χ2v) is 6.37. The first-order valence-electron chi connectivity index (χ1n) is 8.68. The van der Waals surface area contributed by atoms with E-state index in [0.717, 1.165) is 22.5 Å². The highest BCUT2D eigenvalue weighted by molar-refractivity contribution is 5.78. The Balaban J connectivity index is 1.70. The second-order valence-electron chi connectivity index (χ2n) is 6.37. The lowest BCUT2D eigenvalue weighted by Crippen LogP contribution is -2.11. The van der Waals surface area contributed by atoms with Crippen LogP contribution < -0.4 is 5.32 Å². The normalized spacial score (nSPS) is 11.9. The number of aromatic nitrogens is 4. The lowest BCUT2D eigenvalue weighted by atomic mass is 10.1. The zero-order valence-electron chi connectivity index (χ0n) is 15.1. The molecule has 0 aliphatic rings. The molecule has 27 heavy (non-hydrogen) atoms. The van der Waals surface area contributed by atoms with Crippen molar-refractivity contribution < 1.29 is 0 Å². The number of fused-ring (bicyclic) bond motifs is 1. The Bertz CT molecular complexity index is 1140. The molecule has 2 aromatic carbocycles. The van der Waals surface area contributed by atoms with E-state index in [1.54, 1.807) is 24.7 Å². The summed E-state index contributed by atoms with van der Waals surface area (Å²) < 4.78 is 1.88. The van der Waals surface area contributed by atoms with Gasteiger partial charge in [-0.15, -0.1) is 0 Å². The van der Waals surface area contributed by atoms with Crippen LogP contribution in [0.25, 0.3) is 16.9 Å². The van der Waals surface area contributed by atoms with E-state index in [-0.39, 0.29) is 6.04 Å². The van der Waals surface area contributed by atoms with Crippen molar-refractivity contribution in [3.8, 4) is 11.9 Å². The third-order valence-corrected chi connectivity index (χ3v) is 4.52. The number of aryl methyl sites for hydroxylation is 1. The van der Waals surface area contributed by atoms with Gasteiger partial charge in [-0.25, -0.2) is 9.97 Å². The fraction of sp³-hybridized carbons (Fsp3) is 0.143. The van der Waals surface area contributed by atoms with E-state index in [1.165, 1.54) is 5.56 Å². The van der Waals surface area contributed by atoms with Gasteiger partial charge in [0.25, 0.3) is 0 Å². The van der Waals surface area contributed by atoms with E-state index in [0.29, 0.717) is 11.4 Å². The number of nitriles is 1. The maximum Gasteiger partial charge on any atom is 0.159 e. The predicted octanol–water partition coefficient (Wildman–Crippen LogP) is 4.17. The number of nitrogens with zero attached hydrogens (tertiary/aromatic N) is 5. The molecule has 132 valence electrons. The first-order chi connectivity index (χ1) is 13.2. The van der Waals surface area contributed by atoms with Crippen LogP contribution in [0.2, 0.25) is 0 Å². The molecular weight excluding hydrogens is 336 g/mol. The lowest BCUT2D eigenvalue weighted by molar-refractivity contribution is 0.858. The molecule has 4 aromatic rings. The van der Waals surface area contributed by atoms with Crippen LogP contribution in [0.4, 0.5) is 5.82 Å². The van der Waals surface area contributed by atoms with E-state index in [9.17, 15) is 0 Å². The third-order valence-electron chi connectivity index (χ3n) is 4.52. The molecule has 1 N–H and O–H groups in total. The van der Waals surface area contributed by atoms with Crippen LogP contribution in [-0.4, -0.2) is 19.5 Å². The number of rotatable bonds is 4. The van der Waals surface area contributed by atoms with Crippen LogP contribution in [-0.2, 0) is 0 Å². The summed E-state index contributed by atoms with van der Waals surface area (Å²) in [6.45, 7) is 4.03. The summed E-state index contributed by atoms with van der Waals surface area (Å²) >= 11 is 0. The van der Waals surface area contributed by atoms with Gasteiger partial charge in [0, 0.05) is 0 Å². The Labute approximate surface area is 157 Å². The van der Waals surface area contributed by atoms with Gasteiger partial charge in [0.2, 0.25) is 0 Å². The number of hydrogen-bond donors (Lipinski definition) is 1. The number of anilines is 1. The first kappa shape index (κ1) is 16.7. The monoisotopic (exact) mass is 354 g/mol. The molecule has 2 aromatic heterocycles. The molecule has 0 unspecified atom stereocenters. The zero-order chi connectivity index (χ0) is 18.8. The SMILES string of the molecule is Cc1ncc(-n2cnc3cc(C#N)ccc32)nc1N[C@@H](C)c1ccccc1. The maximum absolute atomic E-state index is 9.05. The van der Waals surface area contributed by atoms with Crippen molar-refractivity contribution in [1.29, 1.82) is 5.26 Å². The minimum atomic E-state index is 0.104. The van der Waals surface area contributed by atoms with Crippen molar-refractivity contribution in [3.05, 3.63) is 77.9 Å². The maximum atomic E-state index is 9.05. The predicted molar refractivity (Wildman–Crippen MR) is 105 cm³/mol. The number of benzene rings is 2. The smallest absolute Gasteiger partial charge is 0.159 e. The molecule has 0 saturated carbocycles. The fourth-order valence-electron chi connectivity index (χ4n) is 2.99. The largest absolute Gasteiger partial charge is 0.362 e. The van der Waals surface area contributed by atoms with E-state index >= 15 is 0 Å².